The van der Waals surface area contributed by atoms with Crippen LogP contribution < -0.4 is 0 Å². The first-order valence-corrected chi connectivity index (χ1v) is 4.11. The highest BCUT2D eigenvalue weighted by molar-refractivity contribution is 14.1. The van der Waals surface area contributed by atoms with E-state index in [4.69, 9.17) is 4.74 Å². The minimum absolute atomic E-state index is 0.607. The van der Waals surface area contributed by atoms with Gasteiger partial charge in [0.25, 0.3) is 0 Å². The van der Waals surface area contributed by atoms with Crippen molar-refractivity contribution in [3.63, 3.8) is 0 Å². The molecule has 0 saturated carbocycles. The van der Waals surface area contributed by atoms with Crippen molar-refractivity contribution in [3.8, 4) is 0 Å². The number of hydrogen-bond acceptors (Lipinski definition) is 3. The van der Waals surface area contributed by atoms with Crippen LogP contribution in [0.25, 0.3) is 0 Å². The largest absolute Gasteiger partial charge is 0.372 e. The molecule has 0 aromatic carbocycles. The lowest BCUT2D eigenvalue weighted by Gasteiger charge is -2.13. The molecule has 0 atom stereocenters. The Balaban J connectivity index is 2.45. The molecule has 10 heavy (non-hydrogen) atoms. The minimum Gasteiger partial charge on any atom is -0.372 e. The summed E-state index contributed by atoms with van der Waals surface area (Å²) in [6.07, 6.45) is 0. The smallest absolute Gasteiger partial charge is 0.194 e. The Kier molecular flexibility index (Phi) is 1.61. The van der Waals surface area contributed by atoms with Crippen molar-refractivity contribution in [2.45, 2.75) is 13.2 Å². The third kappa shape index (κ3) is 0.929. The van der Waals surface area contributed by atoms with Crippen LogP contribution in [0.4, 0.5) is 0 Å². The van der Waals surface area contributed by atoms with E-state index in [1.165, 1.54) is 0 Å². The van der Waals surface area contributed by atoms with E-state index < -0.39 is 0 Å². The molecule has 0 unspecified atom stereocenters. The number of aromatic nitrogens is 3. The van der Waals surface area contributed by atoms with Crippen LogP contribution in [0, 0.1) is 3.83 Å². The molecule has 0 saturated heterocycles. The van der Waals surface area contributed by atoms with Gasteiger partial charge in [-0.1, -0.05) is 0 Å². The maximum Gasteiger partial charge on any atom is 0.194 e. The molecule has 0 N–H and O–H groups in total. The molecule has 0 bridgehead atoms. The summed E-state index contributed by atoms with van der Waals surface area (Å²) in [6, 6.07) is 0. The molecule has 0 fully saturated rings. The summed E-state index contributed by atoms with van der Waals surface area (Å²) >= 11 is 2.17. The summed E-state index contributed by atoms with van der Waals surface area (Å²) in [5.74, 6) is 0.940. The maximum absolute atomic E-state index is 5.18. The summed E-state index contributed by atoms with van der Waals surface area (Å²) < 4.78 is 8.21. The molecule has 4 nitrogen and oxygen atoms in total. The summed E-state index contributed by atoms with van der Waals surface area (Å²) in [5, 5.41) is 7.85. The lowest BCUT2D eigenvalue weighted by molar-refractivity contribution is 0.0807. The molecule has 1 aliphatic heterocycles. The Morgan fingerprint density at radius 1 is 1.50 bits per heavy atom. The first kappa shape index (κ1) is 6.53. The lowest BCUT2D eigenvalue weighted by Crippen LogP contribution is -2.17. The number of halogens is 1. The van der Waals surface area contributed by atoms with Gasteiger partial charge < -0.3 is 9.30 Å². The second kappa shape index (κ2) is 2.46. The number of fused-ring (bicyclic) bond motifs is 1. The van der Waals surface area contributed by atoms with Gasteiger partial charge >= 0.3 is 0 Å². The summed E-state index contributed by atoms with van der Waals surface area (Å²) in [6.45, 7) is 2.28. The predicted molar refractivity (Wildman–Crippen MR) is 42.4 cm³/mol. The van der Waals surface area contributed by atoms with Crippen molar-refractivity contribution in [2.24, 2.45) is 0 Å². The zero-order valence-electron chi connectivity index (χ0n) is 5.25. The molecule has 5 heteroatoms. The van der Waals surface area contributed by atoms with E-state index in [0.717, 1.165) is 22.8 Å². The number of nitrogens with zero attached hydrogens (tertiary/aromatic N) is 3. The van der Waals surface area contributed by atoms with Crippen LogP contribution in [0.2, 0.25) is 0 Å². The number of ether oxygens (including phenoxy) is 1. The van der Waals surface area contributed by atoms with Crippen LogP contribution >= 0.6 is 22.6 Å². The molecule has 1 aromatic rings. The van der Waals surface area contributed by atoms with E-state index in [-0.39, 0.29) is 0 Å². The fourth-order valence-corrected chi connectivity index (χ4v) is 1.59. The molecular formula is C5H6IN3O. The third-order valence-corrected chi connectivity index (χ3v) is 2.27. The normalized spacial score (nSPS) is 16.9. The SMILES string of the molecule is Ic1nnc2n1CCOC2. The van der Waals surface area contributed by atoms with Crippen LogP contribution in [0.3, 0.4) is 0 Å². The van der Waals surface area contributed by atoms with E-state index >= 15 is 0 Å². The number of hydrogen-bond donors (Lipinski definition) is 0. The van der Waals surface area contributed by atoms with Crippen LogP contribution in [-0.2, 0) is 17.9 Å². The van der Waals surface area contributed by atoms with Crippen LogP contribution in [0.5, 0.6) is 0 Å². The van der Waals surface area contributed by atoms with Gasteiger partial charge in [-0.05, 0) is 0 Å². The van der Waals surface area contributed by atoms with Crippen molar-refractivity contribution in [1.29, 1.82) is 0 Å². The van der Waals surface area contributed by atoms with Gasteiger partial charge in [0.15, 0.2) is 9.66 Å². The van der Waals surface area contributed by atoms with E-state index in [2.05, 4.69) is 37.4 Å². The fraction of sp³-hybridized carbons (Fsp3) is 0.600. The van der Waals surface area contributed by atoms with E-state index in [9.17, 15) is 0 Å². The van der Waals surface area contributed by atoms with Gasteiger partial charge in [-0.2, -0.15) is 0 Å². The molecule has 1 aromatic heterocycles. The molecule has 0 spiro atoms. The number of rotatable bonds is 0. The Bertz CT molecular complexity index is 247. The molecule has 0 amide bonds. The first-order chi connectivity index (χ1) is 4.88. The van der Waals surface area contributed by atoms with Crippen LogP contribution in [0.1, 0.15) is 5.82 Å². The average molecular weight is 251 g/mol. The third-order valence-electron chi connectivity index (χ3n) is 1.47. The highest BCUT2D eigenvalue weighted by atomic mass is 127. The monoisotopic (exact) mass is 251 g/mol. The van der Waals surface area contributed by atoms with E-state index in [1.807, 2.05) is 0 Å². The van der Waals surface area contributed by atoms with Gasteiger partial charge in [0.1, 0.15) is 6.61 Å². The molecule has 0 aliphatic carbocycles. The quantitative estimate of drug-likeness (QED) is 0.627. The zero-order chi connectivity index (χ0) is 6.97. The van der Waals surface area contributed by atoms with Gasteiger partial charge in [0.2, 0.25) is 0 Å². The standard InChI is InChI=1S/C5H6IN3O/c6-5-8-7-4-3-10-2-1-9(4)5/h1-3H2. The second-order valence-corrected chi connectivity index (χ2v) is 3.05. The molecule has 54 valence electrons. The van der Waals surface area contributed by atoms with Crippen molar-refractivity contribution in [3.05, 3.63) is 9.66 Å². The molecule has 2 heterocycles. The Morgan fingerprint density at radius 3 is 3.20 bits per heavy atom. The van der Waals surface area contributed by atoms with Crippen molar-refractivity contribution in [2.75, 3.05) is 6.61 Å². The van der Waals surface area contributed by atoms with Gasteiger partial charge in [0, 0.05) is 29.1 Å². The first-order valence-electron chi connectivity index (χ1n) is 3.03. The Morgan fingerprint density at radius 2 is 2.40 bits per heavy atom. The van der Waals surface area contributed by atoms with Gasteiger partial charge in [-0.15, -0.1) is 10.2 Å². The Labute approximate surface area is 71.7 Å². The van der Waals surface area contributed by atoms with Crippen molar-refractivity contribution in [1.82, 2.24) is 14.8 Å². The average Bonchev–Trinajstić information content (AvgIpc) is 2.34. The Hall–Kier alpha value is -0.170. The summed E-state index contributed by atoms with van der Waals surface area (Å²) in [5.41, 5.74) is 0. The van der Waals surface area contributed by atoms with E-state index in [1.54, 1.807) is 0 Å². The highest BCUT2D eigenvalue weighted by Crippen LogP contribution is 2.09. The predicted octanol–water partition coefficient (Wildman–Crippen LogP) is 0.413. The van der Waals surface area contributed by atoms with Crippen molar-refractivity contribution < 1.29 is 4.74 Å². The molecule has 0 radical (unpaired) electrons. The van der Waals surface area contributed by atoms with Crippen LogP contribution in [-0.4, -0.2) is 21.4 Å². The van der Waals surface area contributed by atoms with Gasteiger partial charge in [-0.3, -0.25) is 0 Å². The van der Waals surface area contributed by atoms with Gasteiger partial charge in [-0.25, -0.2) is 0 Å². The summed E-state index contributed by atoms with van der Waals surface area (Å²) in [7, 11) is 0. The van der Waals surface area contributed by atoms with E-state index in [0.29, 0.717) is 6.61 Å². The fourth-order valence-electron chi connectivity index (χ4n) is 0.961. The topological polar surface area (TPSA) is 39.9 Å². The lowest BCUT2D eigenvalue weighted by atomic mass is 10.5. The summed E-state index contributed by atoms with van der Waals surface area (Å²) in [4.78, 5) is 0. The second-order valence-electron chi connectivity index (χ2n) is 2.09. The molecule has 1 aliphatic rings. The minimum atomic E-state index is 0.607. The van der Waals surface area contributed by atoms with Crippen LogP contribution in [0.15, 0.2) is 0 Å². The van der Waals surface area contributed by atoms with Crippen molar-refractivity contribution >= 4 is 22.6 Å². The highest BCUT2D eigenvalue weighted by Gasteiger charge is 2.13. The maximum atomic E-state index is 5.18. The zero-order valence-corrected chi connectivity index (χ0v) is 7.41. The molecule has 2 rings (SSSR count). The molecular weight excluding hydrogens is 245 g/mol. The van der Waals surface area contributed by atoms with Gasteiger partial charge in [0.05, 0.1) is 6.61 Å².